The summed E-state index contributed by atoms with van der Waals surface area (Å²) in [6.07, 6.45) is 3.93. The van der Waals surface area contributed by atoms with Gasteiger partial charge in [-0.05, 0) is 60.9 Å². The van der Waals surface area contributed by atoms with E-state index in [1.54, 1.807) is 18.2 Å². The zero-order chi connectivity index (χ0) is 27.4. The maximum Gasteiger partial charge on any atom is 0.296 e. The maximum absolute atomic E-state index is 13.5. The van der Waals surface area contributed by atoms with Crippen LogP contribution in [-0.4, -0.2) is 35.0 Å². The van der Waals surface area contributed by atoms with Crippen molar-refractivity contribution < 1.29 is 24.2 Å². The summed E-state index contributed by atoms with van der Waals surface area (Å²) in [6.45, 7) is 5.05. The third-order valence-corrected chi connectivity index (χ3v) is 7.25. The van der Waals surface area contributed by atoms with Crippen LogP contribution in [0.4, 0.5) is 5.13 Å². The molecule has 1 N–H and O–H groups in total. The molecule has 7 nitrogen and oxygen atoms in total. The summed E-state index contributed by atoms with van der Waals surface area (Å²) in [5.74, 6) is -0.321. The third-order valence-electron chi connectivity index (χ3n) is 6.23. The molecule has 0 spiro atoms. The molecule has 0 fully saturated rings. The van der Waals surface area contributed by atoms with Gasteiger partial charge in [0, 0.05) is 0 Å². The molecule has 0 radical (unpaired) electrons. The fraction of sp³-hybridized carbons (Fsp3) is 0.194. The van der Waals surface area contributed by atoms with Crippen LogP contribution in [0.2, 0.25) is 0 Å². The van der Waals surface area contributed by atoms with Crippen molar-refractivity contribution in [2.24, 2.45) is 0 Å². The number of aliphatic hydroxyl groups is 1. The first-order valence-corrected chi connectivity index (χ1v) is 13.6. The summed E-state index contributed by atoms with van der Waals surface area (Å²) in [4.78, 5) is 33.1. The van der Waals surface area contributed by atoms with Gasteiger partial charge in [-0.2, -0.15) is 0 Å². The smallest absolute Gasteiger partial charge is 0.296 e. The zero-order valence-electron chi connectivity index (χ0n) is 21.7. The number of aliphatic hydroxyl groups excluding tert-OH is 1. The molecule has 3 aromatic carbocycles. The SMILES string of the molecule is CCCOc1ccc(C2C(C(=O)C=Cc3ccccc3)=C(O)C(=O)N2c2nc3ccc(OCC)cc3s2)cc1. The maximum atomic E-state index is 13.5. The number of carbonyl (C=O) groups is 2. The Morgan fingerprint density at radius 3 is 2.49 bits per heavy atom. The normalized spacial score (nSPS) is 15.5. The van der Waals surface area contributed by atoms with E-state index in [4.69, 9.17) is 9.47 Å². The van der Waals surface area contributed by atoms with Gasteiger partial charge in [0.2, 0.25) is 0 Å². The molecule has 1 aliphatic rings. The molecule has 198 valence electrons. The van der Waals surface area contributed by atoms with Gasteiger partial charge in [-0.15, -0.1) is 0 Å². The largest absolute Gasteiger partial charge is 0.503 e. The topological polar surface area (TPSA) is 89.0 Å². The van der Waals surface area contributed by atoms with Crippen molar-refractivity contribution in [2.45, 2.75) is 26.3 Å². The minimum atomic E-state index is -0.863. The van der Waals surface area contributed by atoms with Crippen LogP contribution in [-0.2, 0) is 9.59 Å². The highest BCUT2D eigenvalue weighted by atomic mass is 32.1. The number of benzene rings is 3. The zero-order valence-corrected chi connectivity index (χ0v) is 22.5. The molecule has 1 unspecified atom stereocenters. The van der Waals surface area contributed by atoms with Crippen molar-refractivity contribution in [1.82, 2.24) is 4.98 Å². The number of aromatic nitrogens is 1. The number of hydrogen-bond donors (Lipinski definition) is 1. The van der Waals surface area contributed by atoms with Gasteiger partial charge in [0.05, 0.1) is 35.0 Å². The lowest BCUT2D eigenvalue weighted by Gasteiger charge is -2.24. The number of anilines is 1. The second-order valence-corrected chi connectivity index (χ2v) is 9.93. The molecule has 1 atom stereocenters. The molecule has 1 amide bonds. The summed E-state index contributed by atoms with van der Waals surface area (Å²) < 4.78 is 12.2. The highest BCUT2D eigenvalue weighted by molar-refractivity contribution is 7.22. The molecular formula is C31H28N2O5S. The molecule has 2 heterocycles. The van der Waals surface area contributed by atoms with Crippen molar-refractivity contribution in [1.29, 1.82) is 0 Å². The average molecular weight is 541 g/mol. The molecule has 0 aliphatic carbocycles. The van der Waals surface area contributed by atoms with Crippen molar-refractivity contribution in [3.8, 4) is 11.5 Å². The Morgan fingerprint density at radius 1 is 1.03 bits per heavy atom. The van der Waals surface area contributed by atoms with Crippen LogP contribution >= 0.6 is 11.3 Å². The monoisotopic (exact) mass is 540 g/mol. The molecule has 0 saturated carbocycles. The van der Waals surface area contributed by atoms with Gasteiger partial charge in [-0.25, -0.2) is 4.98 Å². The van der Waals surface area contributed by atoms with Gasteiger partial charge < -0.3 is 14.6 Å². The number of nitrogens with zero attached hydrogens (tertiary/aromatic N) is 2. The van der Waals surface area contributed by atoms with Crippen LogP contribution < -0.4 is 14.4 Å². The van der Waals surface area contributed by atoms with E-state index in [2.05, 4.69) is 4.98 Å². The lowest BCUT2D eigenvalue weighted by Crippen LogP contribution is -2.30. The molecular weight excluding hydrogens is 512 g/mol. The summed E-state index contributed by atoms with van der Waals surface area (Å²) >= 11 is 1.30. The van der Waals surface area contributed by atoms with E-state index in [9.17, 15) is 14.7 Å². The summed E-state index contributed by atoms with van der Waals surface area (Å²) in [6, 6.07) is 21.3. The second kappa shape index (κ2) is 11.5. The van der Waals surface area contributed by atoms with Crippen molar-refractivity contribution in [3.63, 3.8) is 0 Å². The predicted octanol–water partition coefficient (Wildman–Crippen LogP) is 6.67. The molecule has 0 bridgehead atoms. The van der Waals surface area contributed by atoms with Gasteiger partial charge in [0.15, 0.2) is 16.7 Å². The van der Waals surface area contributed by atoms with Crippen LogP contribution in [0.15, 0.2) is 90.2 Å². The number of carbonyl (C=O) groups excluding carboxylic acids is 2. The molecule has 1 aromatic heterocycles. The number of amides is 1. The van der Waals surface area contributed by atoms with Crippen LogP contribution in [0.1, 0.15) is 37.4 Å². The van der Waals surface area contributed by atoms with Gasteiger partial charge in [0.1, 0.15) is 11.5 Å². The summed E-state index contributed by atoms with van der Waals surface area (Å²) in [7, 11) is 0. The lowest BCUT2D eigenvalue weighted by atomic mass is 9.95. The van der Waals surface area contributed by atoms with E-state index in [1.807, 2.05) is 74.5 Å². The molecule has 0 saturated heterocycles. The second-order valence-electron chi connectivity index (χ2n) is 8.92. The minimum Gasteiger partial charge on any atom is -0.503 e. The average Bonchev–Trinajstić information content (AvgIpc) is 3.49. The number of rotatable bonds is 10. The number of thiazole rings is 1. The highest BCUT2D eigenvalue weighted by Crippen LogP contribution is 2.44. The Hall–Kier alpha value is -4.43. The van der Waals surface area contributed by atoms with E-state index in [-0.39, 0.29) is 5.57 Å². The van der Waals surface area contributed by atoms with Gasteiger partial charge in [-0.3, -0.25) is 14.5 Å². The number of hydrogen-bond acceptors (Lipinski definition) is 7. The first-order valence-electron chi connectivity index (χ1n) is 12.8. The van der Waals surface area contributed by atoms with Crippen LogP contribution in [0, 0.1) is 0 Å². The Kier molecular flexibility index (Phi) is 7.74. The quantitative estimate of drug-likeness (QED) is 0.226. The Morgan fingerprint density at radius 2 is 1.77 bits per heavy atom. The minimum absolute atomic E-state index is 0.00340. The highest BCUT2D eigenvalue weighted by Gasteiger charge is 2.45. The fourth-order valence-electron chi connectivity index (χ4n) is 4.41. The first kappa shape index (κ1) is 26.2. The standard InChI is InChI=1S/C31H28N2O5S/c1-3-18-38-22-13-11-21(12-14-22)28-27(25(34)17-10-20-8-6-5-7-9-20)29(35)30(36)33(28)31-32-24-16-15-23(37-4-2)19-26(24)39-31/h5-17,19,28,35H,3-4,18H2,1-2H3. The summed E-state index contributed by atoms with van der Waals surface area (Å²) in [5, 5.41) is 11.4. The van der Waals surface area contributed by atoms with Gasteiger partial charge >= 0.3 is 0 Å². The summed E-state index contributed by atoms with van der Waals surface area (Å²) in [5.41, 5.74) is 2.18. The fourth-order valence-corrected chi connectivity index (χ4v) is 5.43. The predicted molar refractivity (Wildman–Crippen MR) is 153 cm³/mol. The number of ether oxygens (including phenoxy) is 2. The molecule has 5 rings (SSSR count). The van der Waals surface area contributed by atoms with E-state index >= 15 is 0 Å². The van der Waals surface area contributed by atoms with Crippen LogP contribution in [0.25, 0.3) is 16.3 Å². The molecule has 8 heteroatoms. The van der Waals surface area contributed by atoms with E-state index in [1.165, 1.54) is 22.3 Å². The number of fused-ring (bicyclic) bond motifs is 1. The Bertz CT molecular complexity index is 1560. The van der Waals surface area contributed by atoms with Crippen LogP contribution in [0.5, 0.6) is 11.5 Å². The first-order chi connectivity index (χ1) is 19.0. The lowest BCUT2D eigenvalue weighted by molar-refractivity contribution is -0.117. The molecule has 39 heavy (non-hydrogen) atoms. The van der Waals surface area contributed by atoms with Crippen LogP contribution in [0.3, 0.4) is 0 Å². The number of ketones is 1. The van der Waals surface area contributed by atoms with E-state index < -0.39 is 23.5 Å². The Balaban J connectivity index is 1.56. The number of allylic oxidation sites excluding steroid dienone is 1. The van der Waals surface area contributed by atoms with Gasteiger partial charge in [-0.1, -0.05) is 66.8 Å². The van der Waals surface area contributed by atoms with Crippen molar-refractivity contribution in [2.75, 3.05) is 18.1 Å². The van der Waals surface area contributed by atoms with E-state index in [0.29, 0.717) is 40.9 Å². The molecule has 1 aliphatic heterocycles. The van der Waals surface area contributed by atoms with Crippen molar-refractivity contribution >= 4 is 44.5 Å². The van der Waals surface area contributed by atoms with E-state index in [0.717, 1.165) is 16.7 Å². The Labute approximate surface area is 230 Å². The van der Waals surface area contributed by atoms with Gasteiger partial charge in [0.25, 0.3) is 5.91 Å². The van der Waals surface area contributed by atoms with Crippen molar-refractivity contribution in [3.05, 3.63) is 101 Å². The third kappa shape index (κ3) is 5.42. The molecule has 4 aromatic rings.